The Kier molecular flexibility index (Phi) is 5.01. The predicted octanol–water partition coefficient (Wildman–Crippen LogP) is 4.60. The van der Waals surface area contributed by atoms with Gasteiger partial charge in [-0.15, -0.1) is 0 Å². The summed E-state index contributed by atoms with van der Waals surface area (Å²) in [6.45, 7) is 3.83. The van der Waals surface area contributed by atoms with Gasteiger partial charge in [-0.2, -0.15) is 0 Å². The zero-order chi connectivity index (χ0) is 20.7. The van der Waals surface area contributed by atoms with Crippen molar-refractivity contribution < 1.29 is 14.4 Å². The van der Waals surface area contributed by atoms with Gasteiger partial charge in [-0.1, -0.05) is 42.8 Å². The number of imide groups is 1. The average Bonchev–Trinajstić information content (AvgIpc) is 2.96. The van der Waals surface area contributed by atoms with E-state index in [0.717, 1.165) is 5.56 Å². The fraction of sp³-hybridized carbons (Fsp3) is 0.261. The molecule has 0 unspecified atom stereocenters. The van der Waals surface area contributed by atoms with Crippen LogP contribution in [0.5, 0.6) is 0 Å². The lowest BCUT2D eigenvalue weighted by molar-refractivity contribution is -0.122. The highest BCUT2D eigenvalue weighted by Crippen LogP contribution is 2.40. The highest BCUT2D eigenvalue weighted by atomic mass is 35.5. The maximum atomic E-state index is 13.0. The summed E-state index contributed by atoms with van der Waals surface area (Å²) in [6, 6.07) is 11.9. The summed E-state index contributed by atoms with van der Waals surface area (Å²) < 4.78 is 0. The number of nitrogens with one attached hydrogen (secondary N) is 1. The van der Waals surface area contributed by atoms with E-state index >= 15 is 0 Å². The van der Waals surface area contributed by atoms with E-state index in [4.69, 9.17) is 11.6 Å². The molecule has 1 saturated heterocycles. The molecule has 29 heavy (non-hydrogen) atoms. The van der Waals surface area contributed by atoms with Gasteiger partial charge in [0.05, 0.1) is 17.5 Å². The summed E-state index contributed by atoms with van der Waals surface area (Å²) in [7, 11) is 0. The number of amides is 3. The SMILES string of the molecule is Cc1ccc(Cl)cc1NC(=O)c1cccc(N2C(=O)[C@@H]3[C@H](C)C=CC[C@H]3C2=O)c1. The molecule has 1 aliphatic carbocycles. The first-order valence-electron chi connectivity index (χ1n) is 9.59. The Labute approximate surface area is 174 Å². The highest BCUT2D eigenvalue weighted by molar-refractivity contribution is 6.31. The maximum Gasteiger partial charge on any atom is 0.255 e. The number of hydrogen-bond donors (Lipinski definition) is 1. The van der Waals surface area contributed by atoms with Gasteiger partial charge in [0.25, 0.3) is 5.91 Å². The van der Waals surface area contributed by atoms with Gasteiger partial charge in [-0.05, 0) is 55.2 Å². The molecule has 0 aromatic heterocycles. The summed E-state index contributed by atoms with van der Waals surface area (Å²) in [5.74, 6) is -1.36. The van der Waals surface area contributed by atoms with Gasteiger partial charge in [-0.3, -0.25) is 19.3 Å². The van der Waals surface area contributed by atoms with Crippen LogP contribution in [0.1, 0.15) is 29.3 Å². The smallest absolute Gasteiger partial charge is 0.255 e. The van der Waals surface area contributed by atoms with Crippen LogP contribution in [0.15, 0.2) is 54.6 Å². The molecule has 1 N–H and O–H groups in total. The number of allylic oxidation sites excluding steroid dienone is 2. The third kappa shape index (κ3) is 3.47. The van der Waals surface area contributed by atoms with Crippen molar-refractivity contribution in [1.29, 1.82) is 0 Å². The van der Waals surface area contributed by atoms with Gasteiger partial charge in [0.1, 0.15) is 0 Å². The molecule has 0 saturated carbocycles. The molecule has 2 aromatic rings. The molecule has 0 radical (unpaired) electrons. The zero-order valence-electron chi connectivity index (χ0n) is 16.2. The van der Waals surface area contributed by atoms with Crippen molar-refractivity contribution in [1.82, 2.24) is 0 Å². The fourth-order valence-electron chi connectivity index (χ4n) is 4.11. The molecule has 5 nitrogen and oxygen atoms in total. The lowest BCUT2D eigenvalue weighted by atomic mass is 9.78. The Hall–Kier alpha value is -2.92. The lowest BCUT2D eigenvalue weighted by Crippen LogP contribution is -2.31. The second kappa shape index (κ2) is 7.48. The fourth-order valence-corrected chi connectivity index (χ4v) is 4.28. The first-order chi connectivity index (χ1) is 13.9. The highest BCUT2D eigenvalue weighted by Gasteiger charge is 2.50. The van der Waals surface area contributed by atoms with Crippen molar-refractivity contribution in [3.8, 4) is 0 Å². The number of benzene rings is 2. The van der Waals surface area contributed by atoms with Crippen LogP contribution in [0.4, 0.5) is 11.4 Å². The zero-order valence-corrected chi connectivity index (χ0v) is 16.9. The van der Waals surface area contributed by atoms with Crippen LogP contribution in [0.2, 0.25) is 5.02 Å². The predicted molar refractivity (Wildman–Crippen MR) is 113 cm³/mol. The second-order valence-electron chi connectivity index (χ2n) is 7.63. The van der Waals surface area contributed by atoms with Crippen LogP contribution in [0, 0.1) is 24.7 Å². The van der Waals surface area contributed by atoms with Crippen LogP contribution in [-0.4, -0.2) is 17.7 Å². The van der Waals surface area contributed by atoms with Gasteiger partial charge in [0.2, 0.25) is 11.8 Å². The Morgan fingerprint density at radius 1 is 1.14 bits per heavy atom. The summed E-state index contributed by atoms with van der Waals surface area (Å²) >= 11 is 6.02. The van der Waals surface area contributed by atoms with Crippen LogP contribution in [0.25, 0.3) is 0 Å². The Balaban J connectivity index is 1.61. The number of aryl methyl sites for hydroxylation is 1. The van der Waals surface area contributed by atoms with Crippen molar-refractivity contribution in [3.05, 3.63) is 70.8 Å². The molecule has 6 heteroatoms. The molecule has 148 valence electrons. The molecule has 3 atom stereocenters. The van der Waals surface area contributed by atoms with Crippen molar-refractivity contribution in [2.45, 2.75) is 20.3 Å². The normalized spacial score (nSPS) is 23.3. The molecular formula is C23H21ClN2O3. The monoisotopic (exact) mass is 408 g/mol. The van der Waals surface area contributed by atoms with Gasteiger partial charge in [-0.25, -0.2) is 0 Å². The van der Waals surface area contributed by atoms with E-state index in [-0.39, 0.29) is 35.5 Å². The van der Waals surface area contributed by atoms with Gasteiger partial charge < -0.3 is 5.32 Å². The van der Waals surface area contributed by atoms with Crippen molar-refractivity contribution in [3.63, 3.8) is 0 Å². The second-order valence-corrected chi connectivity index (χ2v) is 8.07. The molecule has 4 rings (SSSR count). The minimum atomic E-state index is -0.334. The third-order valence-corrected chi connectivity index (χ3v) is 5.92. The number of anilines is 2. The molecule has 2 aromatic carbocycles. The summed E-state index contributed by atoms with van der Waals surface area (Å²) in [4.78, 5) is 39.9. The Morgan fingerprint density at radius 3 is 2.69 bits per heavy atom. The first kappa shape index (κ1) is 19.4. The first-order valence-corrected chi connectivity index (χ1v) is 9.96. The van der Waals surface area contributed by atoms with Crippen LogP contribution in [-0.2, 0) is 9.59 Å². The van der Waals surface area contributed by atoms with Crippen molar-refractivity contribution in [2.24, 2.45) is 17.8 Å². The van der Waals surface area contributed by atoms with Crippen LogP contribution < -0.4 is 10.2 Å². The summed E-state index contributed by atoms with van der Waals surface area (Å²) in [6.07, 6.45) is 4.54. The van der Waals surface area contributed by atoms with E-state index in [0.29, 0.717) is 28.4 Å². The summed E-state index contributed by atoms with van der Waals surface area (Å²) in [5.41, 5.74) is 2.29. The molecule has 2 aliphatic rings. The van der Waals surface area contributed by atoms with Gasteiger partial charge in [0.15, 0.2) is 0 Å². The molecule has 3 amide bonds. The average molecular weight is 409 g/mol. The van der Waals surface area contributed by atoms with E-state index in [1.165, 1.54) is 4.90 Å². The number of carbonyl (C=O) groups is 3. The topological polar surface area (TPSA) is 66.5 Å². The summed E-state index contributed by atoms with van der Waals surface area (Å²) in [5, 5.41) is 3.37. The number of halogens is 1. The molecule has 1 aliphatic heterocycles. The Bertz CT molecular complexity index is 1050. The Morgan fingerprint density at radius 2 is 1.93 bits per heavy atom. The third-order valence-electron chi connectivity index (χ3n) is 5.69. The van der Waals surface area contributed by atoms with Gasteiger partial charge >= 0.3 is 0 Å². The molecule has 1 fully saturated rings. The van der Waals surface area contributed by atoms with E-state index in [9.17, 15) is 14.4 Å². The quantitative estimate of drug-likeness (QED) is 0.596. The number of nitrogens with zero attached hydrogens (tertiary/aromatic N) is 1. The largest absolute Gasteiger partial charge is 0.322 e. The molecule has 0 bridgehead atoms. The lowest BCUT2D eigenvalue weighted by Gasteiger charge is -2.22. The minimum absolute atomic E-state index is 0.0208. The maximum absolute atomic E-state index is 13.0. The number of fused-ring (bicyclic) bond motifs is 1. The van der Waals surface area contributed by atoms with Crippen molar-refractivity contribution >= 4 is 40.7 Å². The number of hydrogen-bond acceptors (Lipinski definition) is 3. The van der Waals surface area contributed by atoms with E-state index in [2.05, 4.69) is 5.32 Å². The van der Waals surface area contributed by atoms with E-state index < -0.39 is 0 Å². The van der Waals surface area contributed by atoms with E-state index in [1.807, 2.05) is 32.1 Å². The van der Waals surface area contributed by atoms with Crippen LogP contribution in [0.3, 0.4) is 0 Å². The molecular weight excluding hydrogens is 388 g/mol. The van der Waals surface area contributed by atoms with Crippen molar-refractivity contribution in [2.75, 3.05) is 10.2 Å². The number of rotatable bonds is 3. The van der Waals surface area contributed by atoms with Crippen LogP contribution >= 0.6 is 11.6 Å². The van der Waals surface area contributed by atoms with Gasteiger partial charge in [0, 0.05) is 16.3 Å². The molecule has 0 spiro atoms. The minimum Gasteiger partial charge on any atom is -0.322 e. The molecule has 1 heterocycles. The number of carbonyl (C=O) groups excluding carboxylic acids is 3. The standard InChI is InChI=1S/C23H21ClN2O3/c1-13-9-10-16(24)12-19(13)25-21(27)15-6-4-7-17(11-15)26-22(28)18-8-3-5-14(2)20(18)23(26)29/h3-7,9-12,14,18,20H,8H2,1-2H3,(H,25,27)/t14-,18-,20-/m1/s1. The van der Waals surface area contributed by atoms with E-state index in [1.54, 1.807) is 36.4 Å².